The fourth-order valence-electron chi connectivity index (χ4n) is 3.50. The summed E-state index contributed by atoms with van der Waals surface area (Å²) in [6.45, 7) is 4.05. The van der Waals surface area contributed by atoms with Crippen LogP contribution in [0.15, 0.2) is 82.2 Å². The fraction of sp³-hybridized carbons (Fsp3) is 0.120. The van der Waals surface area contributed by atoms with Crippen molar-refractivity contribution < 1.29 is 0 Å². The van der Waals surface area contributed by atoms with Gasteiger partial charge in [-0.2, -0.15) is 0 Å². The van der Waals surface area contributed by atoms with Gasteiger partial charge in [0.15, 0.2) is 5.16 Å². The maximum atomic E-state index is 13.5. The zero-order valence-corrected chi connectivity index (χ0v) is 19.3. The molecule has 0 aliphatic carbocycles. The third-order valence-electron chi connectivity index (χ3n) is 5.14. The maximum absolute atomic E-state index is 13.5. The minimum atomic E-state index is -0.0562. The van der Waals surface area contributed by atoms with Crippen LogP contribution in [0.3, 0.4) is 0 Å². The number of thioether (sulfide) groups is 1. The molecule has 5 rings (SSSR count). The van der Waals surface area contributed by atoms with Crippen molar-refractivity contribution in [3.8, 4) is 16.4 Å². The van der Waals surface area contributed by atoms with Gasteiger partial charge in [-0.05, 0) is 55.3 Å². The number of aromatic nitrogens is 4. The molecule has 0 radical (unpaired) electrons. The standard InChI is InChI=1S/C25H20N4OS2/c1-16-10-11-17(2)22(13-16)29-24(30)19-7-3-4-8-20(19)28-25(29)32-15-18-14-31-23(27-18)21-9-5-6-12-26-21/h3-14H,15H2,1-2H3. The zero-order chi connectivity index (χ0) is 22.1. The number of hydrogen-bond donors (Lipinski definition) is 0. The molecule has 0 amide bonds. The van der Waals surface area contributed by atoms with Crippen molar-refractivity contribution in [2.24, 2.45) is 0 Å². The Balaban J connectivity index is 1.56. The summed E-state index contributed by atoms with van der Waals surface area (Å²) in [7, 11) is 0. The van der Waals surface area contributed by atoms with Crippen molar-refractivity contribution in [2.45, 2.75) is 24.8 Å². The van der Waals surface area contributed by atoms with Crippen LogP contribution >= 0.6 is 23.1 Å². The average molecular weight is 457 g/mol. The molecule has 3 aromatic heterocycles. The first-order valence-corrected chi connectivity index (χ1v) is 12.0. The molecule has 0 fully saturated rings. The van der Waals surface area contributed by atoms with Crippen LogP contribution in [0.5, 0.6) is 0 Å². The molecule has 3 heterocycles. The van der Waals surface area contributed by atoms with E-state index in [4.69, 9.17) is 9.97 Å². The predicted molar refractivity (Wildman–Crippen MR) is 132 cm³/mol. The molecule has 7 heteroatoms. The lowest BCUT2D eigenvalue weighted by Crippen LogP contribution is -2.22. The van der Waals surface area contributed by atoms with E-state index in [9.17, 15) is 4.79 Å². The largest absolute Gasteiger partial charge is 0.268 e. The molecule has 0 atom stereocenters. The van der Waals surface area contributed by atoms with Crippen LogP contribution in [0.1, 0.15) is 16.8 Å². The van der Waals surface area contributed by atoms with Crippen LogP contribution < -0.4 is 5.56 Å². The van der Waals surface area contributed by atoms with Crippen LogP contribution in [0, 0.1) is 13.8 Å². The van der Waals surface area contributed by atoms with Crippen molar-refractivity contribution in [3.63, 3.8) is 0 Å². The quantitative estimate of drug-likeness (QED) is 0.247. The number of benzene rings is 2. The highest BCUT2D eigenvalue weighted by molar-refractivity contribution is 7.98. The van der Waals surface area contributed by atoms with E-state index in [1.807, 2.05) is 73.8 Å². The van der Waals surface area contributed by atoms with Gasteiger partial charge in [-0.25, -0.2) is 9.97 Å². The summed E-state index contributed by atoms with van der Waals surface area (Å²) in [5.74, 6) is 0.610. The first-order chi connectivity index (χ1) is 15.6. The highest BCUT2D eigenvalue weighted by Gasteiger charge is 2.16. The predicted octanol–water partition coefficient (Wildman–Crippen LogP) is 5.81. The summed E-state index contributed by atoms with van der Waals surface area (Å²) in [5.41, 5.74) is 5.45. The number of aryl methyl sites for hydroxylation is 2. The Morgan fingerprint density at radius 3 is 2.69 bits per heavy atom. The summed E-state index contributed by atoms with van der Waals surface area (Å²) in [5, 5.41) is 4.21. The number of rotatable bonds is 5. The first-order valence-electron chi connectivity index (χ1n) is 10.2. The lowest BCUT2D eigenvalue weighted by molar-refractivity contribution is 0.813. The molecule has 32 heavy (non-hydrogen) atoms. The average Bonchev–Trinajstić information content (AvgIpc) is 3.29. The number of nitrogens with zero attached hydrogens (tertiary/aromatic N) is 4. The number of pyridine rings is 1. The lowest BCUT2D eigenvalue weighted by atomic mass is 10.1. The molecule has 158 valence electrons. The fourth-order valence-corrected chi connectivity index (χ4v) is 5.30. The topological polar surface area (TPSA) is 60.7 Å². The molecule has 0 spiro atoms. The maximum Gasteiger partial charge on any atom is 0.266 e. The van der Waals surface area contributed by atoms with Gasteiger partial charge in [0.05, 0.1) is 28.0 Å². The van der Waals surface area contributed by atoms with Gasteiger partial charge in [-0.15, -0.1) is 11.3 Å². The highest BCUT2D eigenvalue weighted by Crippen LogP contribution is 2.28. The van der Waals surface area contributed by atoms with Crippen LogP contribution in [0.2, 0.25) is 0 Å². The Morgan fingerprint density at radius 1 is 1.00 bits per heavy atom. The second-order valence-corrected chi connectivity index (χ2v) is 9.29. The molecular formula is C25H20N4OS2. The van der Waals surface area contributed by atoms with Crippen molar-refractivity contribution in [2.75, 3.05) is 0 Å². The van der Waals surface area contributed by atoms with Gasteiger partial charge in [0.1, 0.15) is 5.01 Å². The molecule has 2 aromatic carbocycles. The smallest absolute Gasteiger partial charge is 0.266 e. The summed E-state index contributed by atoms with van der Waals surface area (Å²) in [6, 6.07) is 19.4. The van der Waals surface area contributed by atoms with Gasteiger partial charge >= 0.3 is 0 Å². The van der Waals surface area contributed by atoms with E-state index in [2.05, 4.69) is 11.1 Å². The third-order valence-corrected chi connectivity index (χ3v) is 7.02. The molecule has 0 saturated heterocycles. The van der Waals surface area contributed by atoms with Crippen LogP contribution in [-0.2, 0) is 5.75 Å². The van der Waals surface area contributed by atoms with E-state index in [0.29, 0.717) is 21.8 Å². The Morgan fingerprint density at radius 2 is 1.84 bits per heavy atom. The van der Waals surface area contributed by atoms with Gasteiger partial charge in [-0.3, -0.25) is 14.3 Å². The van der Waals surface area contributed by atoms with E-state index in [-0.39, 0.29) is 5.56 Å². The number of para-hydroxylation sites is 1. The van der Waals surface area contributed by atoms with E-state index >= 15 is 0 Å². The SMILES string of the molecule is Cc1ccc(C)c(-n2c(SCc3csc(-c4ccccn4)n3)nc3ccccc3c2=O)c1. The molecule has 0 saturated carbocycles. The van der Waals surface area contributed by atoms with E-state index in [1.165, 1.54) is 11.8 Å². The molecule has 5 nitrogen and oxygen atoms in total. The normalized spacial score (nSPS) is 11.2. The van der Waals surface area contributed by atoms with Gasteiger partial charge in [0, 0.05) is 17.3 Å². The van der Waals surface area contributed by atoms with Crippen molar-refractivity contribution in [3.05, 3.63) is 99.4 Å². The Bertz CT molecular complexity index is 1470. The zero-order valence-electron chi connectivity index (χ0n) is 17.6. The molecule has 0 aliphatic heterocycles. The van der Waals surface area contributed by atoms with Crippen LogP contribution in [-0.4, -0.2) is 19.5 Å². The lowest BCUT2D eigenvalue weighted by Gasteiger charge is -2.15. The Hall–Kier alpha value is -3.29. The molecule has 0 unspecified atom stereocenters. The number of thiazole rings is 1. The number of hydrogen-bond acceptors (Lipinski definition) is 6. The Labute approximate surface area is 193 Å². The van der Waals surface area contributed by atoms with E-state index in [0.717, 1.165) is 33.2 Å². The Kier molecular flexibility index (Phi) is 5.59. The second-order valence-electron chi connectivity index (χ2n) is 7.49. The third kappa shape index (κ3) is 3.97. The molecule has 5 aromatic rings. The van der Waals surface area contributed by atoms with Crippen molar-refractivity contribution >= 4 is 34.0 Å². The van der Waals surface area contributed by atoms with Gasteiger partial charge in [-0.1, -0.05) is 42.1 Å². The van der Waals surface area contributed by atoms with Gasteiger partial charge in [0.2, 0.25) is 0 Å². The van der Waals surface area contributed by atoms with E-state index < -0.39 is 0 Å². The van der Waals surface area contributed by atoms with Gasteiger partial charge < -0.3 is 0 Å². The summed E-state index contributed by atoms with van der Waals surface area (Å²) in [4.78, 5) is 27.5. The van der Waals surface area contributed by atoms with Crippen LogP contribution in [0.25, 0.3) is 27.3 Å². The minimum absolute atomic E-state index is 0.0562. The van der Waals surface area contributed by atoms with Crippen molar-refractivity contribution in [1.29, 1.82) is 0 Å². The van der Waals surface area contributed by atoms with Gasteiger partial charge in [0.25, 0.3) is 5.56 Å². The highest BCUT2D eigenvalue weighted by atomic mass is 32.2. The summed E-state index contributed by atoms with van der Waals surface area (Å²) in [6.07, 6.45) is 1.77. The van der Waals surface area contributed by atoms with Crippen molar-refractivity contribution in [1.82, 2.24) is 19.5 Å². The number of fused-ring (bicyclic) bond motifs is 1. The monoisotopic (exact) mass is 456 g/mol. The molecule has 0 bridgehead atoms. The minimum Gasteiger partial charge on any atom is -0.268 e. The molecule has 0 aliphatic rings. The second kappa shape index (κ2) is 8.68. The summed E-state index contributed by atoms with van der Waals surface area (Å²) >= 11 is 3.10. The summed E-state index contributed by atoms with van der Waals surface area (Å²) < 4.78 is 1.74. The first kappa shape index (κ1) is 20.6. The molecule has 0 N–H and O–H groups in total. The molecular weight excluding hydrogens is 436 g/mol. The van der Waals surface area contributed by atoms with E-state index in [1.54, 1.807) is 22.1 Å². The van der Waals surface area contributed by atoms with Crippen LogP contribution in [0.4, 0.5) is 0 Å².